The van der Waals surface area contributed by atoms with E-state index in [2.05, 4.69) is 37.2 Å². The molecule has 0 bridgehead atoms. The highest BCUT2D eigenvalue weighted by Crippen LogP contribution is 2.53. The number of rotatable bonds is 11. The number of nitrogens with two attached hydrogens (primary N) is 1. The average Bonchev–Trinajstić information content (AvgIpc) is 3.42. The average molecular weight is 607 g/mol. The number of hydrogen-bond acceptors (Lipinski definition) is 10. The molecular weight excluding hydrogens is 569 g/mol. The van der Waals surface area contributed by atoms with E-state index in [0.29, 0.717) is 18.7 Å². The van der Waals surface area contributed by atoms with Gasteiger partial charge in [-0.2, -0.15) is 0 Å². The summed E-state index contributed by atoms with van der Waals surface area (Å²) >= 11 is 2.91. The number of amides is 2. The van der Waals surface area contributed by atoms with Crippen LogP contribution in [-0.4, -0.2) is 86.1 Å². The van der Waals surface area contributed by atoms with E-state index in [1.165, 1.54) is 29.2 Å². The first kappa shape index (κ1) is 30.5. The monoisotopic (exact) mass is 606 g/mol. The Hall–Kier alpha value is -2.45. The molecule has 0 saturated carbocycles. The Labute approximate surface area is 244 Å². The molecule has 1 aromatic heterocycles. The number of ether oxygens (including phenoxy) is 2. The van der Waals surface area contributed by atoms with Gasteiger partial charge in [0.05, 0.1) is 23.8 Å². The van der Waals surface area contributed by atoms with Crippen LogP contribution in [0.3, 0.4) is 0 Å². The highest BCUT2D eigenvalue weighted by atomic mass is 32.2. The smallest absolute Gasteiger partial charge is 0.404 e. The first-order valence-electron chi connectivity index (χ1n) is 13.3. The molecule has 13 heteroatoms. The molecular formula is C27H38N4O6S2Si. The highest BCUT2D eigenvalue weighted by molar-refractivity contribution is 8.04. The van der Waals surface area contributed by atoms with Crippen molar-refractivity contribution in [3.05, 3.63) is 40.4 Å². The third kappa shape index (κ3) is 6.38. The van der Waals surface area contributed by atoms with Gasteiger partial charge in [0, 0.05) is 28.8 Å². The van der Waals surface area contributed by atoms with Crippen molar-refractivity contribution in [2.45, 2.75) is 62.4 Å². The number of esters is 1. The Balaban J connectivity index is 1.56. The molecule has 2 N–H and O–H groups in total. The van der Waals surface area contributed by atoms with Crippen molar-refractivity contribution < 1.29 is 28.3 Å². The molecule has 0 unspecified atom stereocenters. The second-order valence-corrected chi connectivity index (χ2v) is 17.9. The second kappa shape index (κ2) is 12.2. The molecule has 10 nitrogen and oxygen atoms in total. The zero-order valence-corrected chi connectivity index (χ0v) is 26.5. The van der Waals surface area contributed by atoms with E-state index in [9.17, 15) is 14.4 Å². The molecule has 1 saturated heterocycles. The van der Waals surface area contributed by atoms with Crippen LogP contribution in [0.15, 0.2) is 39.1 Å². The third-order valence-corrected chi connectivity index (χ3v) is 10.6. The van der Waals surface area contributed by atoms with E-state index in [-0.39, 0.29) is 49.1 Å². The Morgan fingerprint density at radius 2 is 2.08 bits per heavy atom. The van der Waals surface area contributed by atoms with Gasteiger partial charge in [0.25, 0.3) is 0 Å². The number of fused-ring (bicyclic) bond motifs is 1. The molecule has 1 fully saturated rings. The number of aromatic nitrogens is 1. The molecule has 4 heterocycles. The van der Waals surface area contributed by atoms with Crippen LogP contribution in [0.2, 0.25) is 19.6 Å². The minimum absolute atomic E-state index is 0.000775. The summed E-state index contributed by atoms with van der Waals surface area (Å²) in [5.41, 5.74) is 7.37. The molecule has 0 aromatic carbocycles. The van der Waals surface area contributed by atoms with E-state index in [1.807, 2.05) is 26.3 Å². The fourth-order valence-electron chi connectivity index (χ4n) is 5.48. The quantitative estimate of drug-likeness (QED) is 0.172. The normalized spacial score (nSPS) is 25.7. The predicted molar refractivity (Wildman–Crippen MR) is 158 cm³/mol. The van der Waals surface area contributed by atoms with Gasteiger partial charge in [0.15, 0.2) is 12.7 Å². The largest absolute Gasteiger partial charge is 0.457 e. The lowest BCUT2D eigenvalue weighted by Crippen LogP contribution is -2.64. The lowest BCUT2D eigenvalue weighted by molar-refractivity contribution is -0.163. The molecule has 40 heavy (non-hydrogen) atoms. The standard InChI is InChI=1S/C27H38N4O6S2Si/c1-8-11-35-25(33)22-23(15(2)21-20(24(32)31(21)22)16(3)37-40(5,6)7)39-27-29-19(14-38-27)17-9-10-30(4)18(12-17)13-36-26(28)34/h8-9,14-16,18,20-21H,1,10-13H2,2-7H3,(H2,28,34)/t15-,16-,18+,20-,21-/m1/s1. The van der Waals surface area contributed by atoms with E-state index in [1.54, 1.807) is 4.90 Å². The number of thioether (sulfide) groups is 1. The van der Waals surface area contributed by atoms with Crippen LogP contribution < -0.4 is 5.73 Å². The Morgan fingerprint density at radius 3 is 2.73 bits per heavy atom. The summed E-state index contributed by atoms with van der Waals surface area (Å²) in [5, 5.41) is 1.99. The van der Waals surface area contributed by atoms with Gasteiger partial charge in [0.2, 0.25) is 5.91 Å². The molecule has 218 valence electrons. The van der Waals surface area contributed by atoms with Gasteiger partial charge in [-0.15, -0.1) is 11.3 Å². The van der Waals surface area contributed by atoms with Crippen molar-refractivity contribution in [3.63, 3.8) is 0 Å². The number of thiazole rings is 1. The maximum atomic E-state index is 13.4. The van der Waals surface area contributed by atoms with Crippen LogP contribution in [0.4, 0.5) is 4.79 Å². The number of nitrogens with zero attached hydrogens (tertiary/aromatic N) is 3. The second-order valence-electron chi connectivity index (χ2n) is 11.3. The van der Waals surface area contributed by atoms with Crippen LogP contribution >= 0.6 is 23.1 Å². The summed E-state index contributed by atoms with van der Waals surface area (Å²) in [6, 6.07) is -0.171. The summed E-state index contributed by atoms with van der Waals surface area (Å²) in [4.78, 5) is 47.0. The maximum absolute atomic E-state index is 13.4. The molecule has 1 aromatic rings. The lowest BCUT2D eigenvalue weighted by Gasteiger charge is -2.48. The van der Waals surface area contributed by atoms with Crippen LogP contribution in [0.25, 0.3) is 5.57 Å². The fraction of sp³-hybridized carbons (Fsp3) is 0.556. The van der Waals surface area contributed by atoms with Crippen LogP contribution in [0.1, 0.15) is 26.0 Å². The number of primary amides is 1. The predicted octanol–water partition coefficient (Wildman–Crippen LogP) is 4.08. The lowest BCUT2D eigenvalue weighted by atomic mass is 9.79. The minimum atomic E-state index is -1.87. The van der Waals surface area contributed by atoms with Gasteiger partial charge in [-0.1, -0.05) is 37.4 Å². The molecule has 0 radical (unpaired) electrons. The maximum Gasteiger partial charge on any atom is 0.404 e. The summed E-state index contributed by atoms with van der Waals surface area (Å²) in [7, 11) is 0.102. The van der Waals surface area contributed by atoms with E-state index in [0.717, 1.165) is 20.5 Å². The summed E-state index contributed by atoms with van der Waals surface area (Å²) in [6.07, 6.45) is 3.26. The number of carbonyl (C=O) groups excluding carboxylic acids is 3. The summed E-state index contributed by atoms with van der Waals surface area (Å²) in [6.45, 7) is 14.9. The summed E-state index contributed by atoms with van der Waals surface area (Å²) < 4.78 is 17.5. The first-order chi connectivity index (χ1) is 18.8. The van der Waals surface area contributed by atoms with Crippen molar-refractivity contribution >= 4 is 55.0 Å². The van der Waals surface area contributed by atoms with Crippen molar-refractivity contribution in [2.24, 2.45) is 17.6 Å². The summed E-state index contributed by atoms with van der Waals surface area (Å²) in [5.74, 6) is -1.05. The zero-order valence-electron chi connectivity index (χ0n) is 23.8. The van der Waals surface area contributed by atoms with Crippen LogP contribution in [-0.2, 0) is 23.5 Å². The van der Waals surface area contributed by atoms with Crippen LogP contribution in [0.5, 0.6) is 0 Å². The molecule has 3 aliphatic rings. The SMILES string of the molecule is C=CCOC(=O)C1=C(Sc2nc(C3=CCN(C)[C@H](COC(N)=O)C3)cs2)[C@H](C)[C@@H]2[C@@H]([C@@H](C)O[Si](C)(C)C)C(=O)N12. The number of likely N-dealkylation sites (N-methyl/N-ethyl adjacent to an activating group) is 1. The molecule has 5 atom stereocenters. The van der Waals surface area contributed by atoms with Crippen molar-refractivity contribution in [3.8, 4) is 0 Å². The van der Waals surface area contributed by atoms with Gasteiger partial charge >= 0.3 is 12.1 Å². The molecule has 0 spiro atoms. The zero-order chi connectivity index (χ0) is 29.4. The number of carbonyl (C=O) groups is 3. The number of hydrogen-bond donors (Lipinski definition) is 1. The van der Waals surface area contributed by atoms with Crippen molar-refractivity contribution in [1.29, 1.82) is 0 Å². The first-order valence-corrected chi connectivity index (χ1v) is 18.4. The molecule has 4 rings (SSSR count). The van der Waals surface area contributed by atoms with Crippen LogP contribution in [0, 0.1) is 11.8 Å². The highest BCUT2D eigenvalue weighted by Gasteiger charge is 2.61. The van der Waals surface area contributed by atoms with Gasteiger partial charge in [-0.3, -0.25) is 9.69 Å². The fourth-order valence-corrected chi connectivity index (χ4v) is 8.86. The Kier molecular flexibility index (Phi) is 9.30. The van der Waals surface area contributed by atoms with E-state index < -0.39 is 20.4 Å². The van der Waals surface area contributed by atoms with E-state index in [4.69, 9.17) is 24.6 Å². The Bertz CT molecular complexity index is 1240. The Morgan fingerprint density at radius 1 is 1.35 bits per heavy atom. The van der Waals surface area contributed by atoms with E-state index >= 15 is 0 Å². The topological polar surface area (TPSA) is 124 Å². The van der Waals surface area contributed by atoms with Crippen molar-refractivity contribution in [2.75, 3.05) is 26.8 Å². The van der Waals surface area contributed by atoms with Gasteiger partial charge < -0.3 is 24.5 Å². The van der Waals surface area contributed by atoms with Gasteiger partial charge in [-0.25, -0.2) is 14.6 Å². The number of β-lactam (4-membered cyclic amide) rings is 1. The van der Waals surface area contributed by atoms with Gasteiger partial charge in [-0.05, 0) is 45.6 Å². The molecule has 3 aliphatic heterocycles. The van der Waals surface area contributed by atoms with Gasteiger partial charge in [0.1, 0.15) is 18.9 Å². The van der Waals surface area contributed by atoms with Crippen molar-refractivity contribution in [1.82, 2.24) is 14.8 Å². The third-order valence-electron chi connectivity index (χ3n) is 7.29. The molecule has 0 aliphatic carbocycles. The molecule has 2 amide bonds. The minimum Gasteiger partial charge on any atom is -0.457 e.